The third-order valence-corrected chi connectivity index (χ3v) is 4.59. The molecule has 0 radical (unpaired) electrons. The maximum atomic E-state index is 13.1. The van der Waals surface area contributed by atoms with E-state index in [0.717, 1.165) is 37.3 Å². The number of nitrogens with zero attached hydrogens (tertiary/aromatic N) is 1. The molecule has 2 aromatic carbocycles. The van der Waals surface area contributed by atoms with Gasteiger partial charge in [-0.25, -0.2) is 0 Å². The first-order valence-corrected chi connectivity index (χ1v) is 8.59. The summed E-state index contributed by atoms with van der Waals surface area (Å²) < 4.78 is 5.37. The largest absolute Gasteiger partial charge is 0.380 e. The third-order valence-electron chi connectivity index (χ3n) is 4.59. The lowest BCUT2D eigenvalue weighted by Gasteiger charge is -2.41. The van der Waals surface area contributed by atoms with Crippen LogP contribution < -0.4 is 0 Å². The number of rotatable bonds is 6. The molecule has 0 aromatic heterocycles. The molecule has 0 N–H and O–H groups in total. The topological polar surface area (TPSA) is 29.5 Å². The zero-order chi connectivity index (χ0) is 17.0. The van der Waals surface area contributed by atoms with Gasteiger partial charge in [-0.3, -0.25) is 4.79 Å². The van der Waals surface area contributed by atoms with Gasteiger partial charge in [-0.15, -0.1) is 0 Å². The Labute approximate surface area is 144 Å². The van der Waals surface area contributed by atoms with Crippen molar-refractivity contribution in [2.24, 2.45) is 5.41 Å². The number of ether oxygens (including phenoxy) is 1. The smallest absolute Gasteiger partial charge is 0.254 e. The summed E-state index contributed by atoms with van der Waals surface area (Å²) >= 11 is 0. The average molecular weight is 323 g/mol. The van der Waals surface area contributed by atoms with E-state index in [1.165, 1.54) is 5.56 Å². The van der Waals surface area contributed by atoms with Crippen LogP contribution in [0.25, 0.3) is 0 Å². The van der Waals surface area contributed by atoms with Gasteiger partial charge in [0, 0.05) is 24.1 Å². The van der Waals surface area contributed by atoms with E-state index in [1.807, 2.05) is 47.4 Å². The molecule has 3 nitrogen and oxygen atoms in total. The summed E-state index contributed by atoms with van der Waals surface area (Å²) in [5.74, 6) is 0.0923. The van der Waals surface area contributed by atoms with Gasteiger partial charge >= 0.3 is 0 Å². The Morgan fingerprint density at radius 2 is 1.71 bits per heavy atom. The predicted octanol–water partition coefficient (Wildman–Crippen LogP) is 3.93. The third kappa shape index (κ3) is 3.85. The van der Waals surface area contributed by atoms with E-state index in [9.17, 15) is 4.79 Å². The molecule has 0 aliphatic carbocycles. The van der Waals surface area contributed by atoms with Gasteiger partial charge in [0.25, 0.3) is 5.91 Å². The van der Waals surface area contributed by atoms with Crippen LogP contribution in [0.15, 0.2) is 54.6 Å². The van der Waals surface area contributed by atoms with Gasteiger partial charge in [0.15, 0.2) is 0 Å². The quantitative estimate of drug-likeness (QED) is 0.806. The SMILES string of the molecule is CCc1ccc(C(=O)N(Cc2ccccc2)CC2(C)COC2)cc1. The zero-order valence-corrected chi connectivity index (χ0v) is 14.5. The molecule has 3 heteroatoms. The van der Waals surface area contributed by atoms with Crippen LogP contribution in [0.4, 0.5) is 0 Å². The lowest BCUT2D eigenvalue weighted by molar-refractivity contribution is -0.111. The molecule has 24 heavy (non-hydrogen) atoms. The molecule has 126 valence electrons. The van der Waals surface area contributed by atoms with E-state index in [-0.39, 0.29) is 11.3 Å². The summed E-state index contributed by atoms with van der Waals surface area (Å²) in [4.78, 5) is 15.0. The van der Waals surface area contributed by atoms with E-state index in [1.54, 1.807) is 0 Å². The van der Waals surface area contributed by atoms with Crippen LogP contribution in [-0.2, 0) is 17.7 Å². The minimum Gasteiger partial charge on any atom is -0.380 e. The summed E-state index contributed by atoms with van der Waals surface area (Å²) in [6, 6.07) is 18.1. The van der Waals surface area contributed by atoms with Crippen LogP contribution >= 0.6 is 0 Å². The highest BCUT2D eigenvalue weighted by Crippen LogP contribution is 2.29. The van der Waals surface area contributed by atoms with Crippen LogP contribution in [0, 0.1) is 5.41 Å². The second-order valence-corrected chi connectivity index (χ2v) is 7.00. The highest BCUT2D eigenvalue weighted by atomic mass is 16.5. The van der Waals surface area contributed by atoms with E-state index in [4.69, 9.17) is 4.74 Å². The first-order valence-electron chi connectivity index (χ1n) is 8.59. The molecule has 0 atom stereocenters. The van der Waals surface area contributed by atoms with Crippen molar-refractivity contribution in [3.63, 3.8) is 0 Å². The molecular formula is C21H25NO2. The highest BCUT2D eigenvalue weighted by molar-refractivity contribution is 5.94. The van der Waals surface area contributed by atoms with Crippen molar-refractivity contribution >= 4 is 5.91 Å². The molecule has 0 saturated carbocycles. The normalized spacial score (nSPS) is 15.6. The molecule has 1 heterocycles. The van der Waals surface area contributed by atoms with Gasteiger partial charge in [-0.1, -0.05) is 56.3 Å². The fourth-order valence-electron chi connectivity index (χ4n) is 3.07. The number of hydrogen-bond acceptors (Lipinski definition) is 2. The minimum atomic E-state index is 0.0633. The Kier molecular flexibility index (Phi) is 5.00. The lowest BCUT2D eigenvalue weighted by atomic mass is 9.87. The number of carbonyl (C=O) groups excluding carboxylic acids is 1. The summed E-state index contributed by atoms with van der Waals surface area (Å²) in [7, 11) is 0. The predicted molar refractivity (Wildman–Crippen MR) is 95.9 cm³/mol. The molecule has 1 fully saturated rings. The van der Waals surface area contributed by atoms with E-state index >= 15 is 0 Å². The van der Waals surface area contributed by atoms with Crippen LogP contribution in [0.3, 0.4) is 0 Å². The van der Waals surface area contributed by atoms with Crippen LogP contribution in [0.1, 0.15) is 35.3 Å². The zero-order valence-electron chi connectivity index (χ0n) is 14.5. The second-order valence-electron chi connectivity index (χ2n) is 7.00. The molecule has 1 aliphatic heterocycles. The summed E-state index contributed by atoms with van der Waals surface area (Å²) in [6.45, 7) is 7.10. The molecule has 3 rings (SSSR count). The number of benzene rings is 2. The average Bonchev–Trinajstić information content (AvgIpc) is 2.60. The Morgan fingerprint density at radius 3 is 2.25 bits per heavy atom. The number of carbonyl (C=O) groups is 1. The van der Waals surface area contributed by atoms with E-state index in [0.29, 0.717) is 6.54 Å². The summed E-state index contributed by atoms with van der Waals surface area (Å²) in [6.07, 6.45) is 0.984. The Hall–Kier alpha value is -2.13. The number of aryl methyl sites for hydroxylation is 1. The summed E-state index contributed by atoms with van der Waals surface area (Å²) in [5.41, 5.74) is 3.22. The molecule has 1 amide bonds. The highest BCUT2D eigenvalue weighted by Gasteiger charge is 2.36. The van der Waals surface area contributed by atoms with Crippen LogP contribution in [0.5, 0.6) is 0 Å². The van der Waals surface area contributed by atoms with Gasteiger partial charge in [0.2, 0.25) is 0 Å². The van der Waals surface area contributed by atoms with Gasteiger partial charge in [0.1, 0.15) is 0 Å². The Bertz CT molecular complexity index is 675. The first-order chi connectivity index (χ1) is 11.6. The fraction of sp³-hybridized carbons (Fsp3) is 0.381. The second kappa shape index (κ2) is 7.18. The number of amides is 1. The molecule has 1 saturated heterocycles. The molecule has 1 aliphatic rings. The van der Waals surface area contributed by atoms with Gasteiger partial charge in [0.05, 0.1) is 13.2 Å². The van der Waals surface area contributed by atoms with Crippen LogP contribution in [0.2, 0.25) is 0 Å². The van der Waals surface area contributed by atoms with Crippen molar-refractivity contribution in [2.45, 2.75) is 26.8 Å². The van der Waals surface area contributed by atoms with Crippen molar-refractivity contribution in [3.8, 4) is 0 Å². The van der Waals surface area contributed by atoms with Crippen molar-refractivity contribution < 1.29 is 9.53 Å². The molecular weight excluding hydrogens is 298 g/mol. The van der Waals surface area contributed by atoms with E-state index < -0.39 is 0 Å². The lowest BCUT2D eigenvalue weighted by Crippen LogP contribution is -2.50. The fourth-order valence-corrected chi connectivity index (χ4v) is 3.07. The first kappa shape index (κ1) is 16.7. The summed E-state index contributed by atoms with van der Waals surface area (Å²) in [5, 5.41) is 0. The maximum absolute atomic E-state index is 13.1. The molecule has 0 bridgehead atoms. The van der Waals surface area contributed by atoms with Gasteiger partial charge in [-0.05, 0) is 29.7 Å². The standard InChI is InChI=1S/C21H25NO2/c1-3-17-9-11-19(12-10-17)20(23)22(14-21(2)15-24-16-21)13-18-7-5-4-6-8-18/h4-12H,3,13-16H2,1-2H3. The maximum Gasteiger partial charge on any atom is 0.254 e. The van der Waals surface area contributed by atoms with Crippen molar-refractivity contribution in [1.82, 2.24) is 4.90 Å². The van der Waals surface area contributed by atoms with Crippen molar-refractivity contribution in [1.29, 1.82) is 0 Å². The van der Waals surface area contributed by atoms with Gasteiger partial charge < -0.3 is 9.64 Å². The number of hydrogen-bond donors (Lipinski definition) is 0. The monoisotopic (exact) mass is 323 g/mol. The minimum absolute atomic E-state index is 0.0633. The Morgan fingerprint density at radius 1 is 1.04 bits per heavy atom. The molecule has 2 aromatic rings. The molecule has 0 unspecified atom stereocenters. The van der Waals surface area contributed by atoms with E-state index in [2.05, 4.69) is 26.0 Å². The van der Waals surface area contributed by atoms with Crippen molar-refractivity contribution in [2.75, 3.05) is 19.8 Å². The molecule has 0 spiro atoms. The Balaban J connectivity index is 1.80. The van der Waals surface area contributed by atoms with Gasteiger partial charge in [-0.2, -0.15) is 0 Å². The van der Waals surface area contributed by atoms with Crippen LogP contribution in [-0.4, -0.2) is 30.6 Å². The van der Waals surface area contributed by atoms with Crippen molar-refractivity contribution in [3.05, 3.63) is 71.3 Å².